The minimum atomic E-state index is -0.172. The van der Waals surface area contributed by atoms with Crippen LogP contribution in [0.2, 0.25) is 0 Å². The van der Waals surface area contributed by atoms with Crippen molar-refractivity contribution in [3.63, 3.8) is 0 Å². The van der Waals surface area contributed by atoms with E-state index in [0.29, 0.717) is 25.1 Å². The number of hydrazone groups is 1. The highest BCUT2D eigenvalue weighted by molar-refractivity contribution is 6.39. The van der Waals surface area contributed by atoms with E-state index in [4.69, 9.17) is 0 Å². The van der Waals surface area contributed by atoms with Crippen molar-refractivity contribution in [3.05, 3.63) is 35.9 Å². The summed E-state index contributed by atoms with van der Waals surface area (Å²) in [7, 11) is 1.59. The second-order valence-electron chi connectivity index (χ2n) is 6.34. The molecule has 2 amide bonds. The van der Waals surface area contributed by atoms with Gasteiger partial charge in [0, 0.05) is 26.4 Å². The molecule has 1 aromatic rings. The van der Waals surface area contributed by atoms with Crippen LogP contribution in [0.15, 0.2) is 35.4 Å². The molecule has 0 bridgehead atoms. The van der Waals surface area contributed by atoms with Gasteiger partial charge in [0.05, 0.1) is 6.04 Å². The third-order valence-electron chi connectivity index (χ3n) is 4.69. The number of carbonyl (C=O) groups excluding carboxylic acids is 2. The maximum atomic E-state index is 12.4. The summed E-state index contributed by atoms with van der Waals surface area (Å²) in [5.74, 6) is -0.222. The number of rotatable bonds is 5. The largest absolute Gasteiger partial charge is 0.349 e. The Kier molecular flexibility index (Phi) is 5.25. The van der Waals surface area contributed by atoms with Crippen LogP contribution < -0.4 is 5.32 Å². The fourth-order valence-corrected chi connectivity index (χ4v) is 3.31. The fraction of sp³-hybridized carbons (Fsp3) is 0.500. The lowest BCUT2D eigenvalue weighted by atomic mass is 10.1. The van der Waals surface area contributed by atoms with Crippen LogP contribution in [0.25, 0.3) is 0 Å². The number of hydrogen-bond acceptors (Lipinski definition) is 4. The van der Waals surface area contributed by atoms with Crippen LogP contribution in [0.1, 0.15) is 37.3 Å². The first-order valence-corrected chi connectivity index (χ1v) is 8.56. The average Bonchev–Trinajstić information content (AvgIpc) is 3.12. The Morgan fingerprint density at radius 3 is 2.58 bits per heavy atom. The fourth-order valence-electron chi connectivity index (χ4n) is 3.31. The molecular weight excluding hydrogens is 304 g/mol. The van der Waals surface area contributed by atoms with Gasteiger partial charge in [-0.3, -0.25) is 14.5 Å². The molecule has 1 N–H and O–H groups in total. The molecule has 0 aliphatic carbocycles. The molecule has 2 aliphatic rings. The summed E-state index contributed by atoms with van der Waals surface area (Å²) in [4.78, 5) is 26.3. The zero-order chi connectivity index (χ0) is 16.9. The number of hydrogen-bond donors (Lipinski definition) is 1. The van der Waals surface area contributed by atoms with E-state index in [1.54, 1.807) is 7.05 Å². The van der Waals surface area contributed by atoms with Crippen molar-refractivity contribution in [2.75, 3.05) is 26.7 Å². The molecular formula is C18H24N4O2. The Morgan fingerprint density at radius 1 is 1.21 bits per heavy atom. The smallest absolute Gasteiger partial charge is 0.267 e. The van der Waals surface area contributed by atoms with Crippen molar-refractivity contribution in [3.8, 4) is 0 Å². The lowest BCUT2D eigenvalue weighted by molar-refractivity contribution is -0.130. The van der Waals surface area contributed by atoms with Crippen molar-refractivity contribution in [2.24, 2.45) is 5.10 Å². The van der Waals surface area contributed by atoms with Crippen LogP contribution in [-0.4, -0.2) is 54.1 Å². The van der Waals surface area contributed by atoms with Gasteiger partial charge in [-0.25, -0.2) is 5.01 Å². The van der Waals surface area contributed by atoms with Gasteiger partial charge < -0.3 is 5.32 Å². The van der Waals surface area contributed by atoms with E-state index >= 15 is 0 Å². The zero-order valence-corrected chi connectivity index (χ0v) is 14.1. The van der Waals surface area contributed by atoms with Gasteiger partial charge in [0.25, 0.3) is 5.91 Å². The molecule has 1 atom stereocenters. The first-order chi connectivity index (χ1) is 11.6. The molecule has 0 unspecified atom stereocenters. The van der Waals surface area contributed by atoms with Crippen LogP contribution in [0.4, 0.5) is 0 Å². The topological polar surface area (TPSA) is 65.0 Å². The van der Waals surface area contributed by atoms with Gasteiger partial charge in [-0.05, 0) is 31.5 Å². The van der Waals surface area contributed by atoms with E-state index in [2.05, 4.69) is 27.5 Å². The van der Waals surface area contributed by atoms with Gasteiger partial charge in [-0.2, -0.15) is 5.10 Å². The molecule has 0 radical (unpaired) electrons. The average molecular weight is 328 g/mol. The van der Waals surface area contributed by atoms with Crippen molar-refractivity contribution >= 4 is 17.5 Å². The number of benzene rings is 1. The normalized spacial score (nSPS) is 20.0. The number of nitrogens with one attached hydrogen (secondary N) is 1. The van der Waals surface area contributed by atoms with Gasteiger partial charge in [0.2, 0.25) is 5.91 Å². The first-order valence-electron chi connectivity index (χ1n) is 8.56. The molecule has 1 fully saturated rings. The summed E-state index contributed by atoms with van der Waals surface area (Å²) in [5, 5.41) is 8.36. The molecule has 128 valence electrons. The molecule has 2 aliphatic heterocycles. The van der Waals surface area contributed by atoms with Crippen LogP contribution in [-0.2, 0) is 9.59 Å². The Hall–Kier alpha value is -2.21. The summed E-state index contributed by atoms with van der Waals surface area (Å²) in [5.41, 5.74) is 1.66. The minimum Gasteiger partial charge on any atom is -0.349 e. The molecule has 0 saturated carbocycles. The predicted octanol–water partition coefficient (Wildman–Crippen LogP) is 1.55. The molecule has 6 nitrogen and oxygen atoms in total. The number of carbonyl (C=O) groups is 2. The van der Waals surface area contributed by atoms with Gasteiger partial charge in [-0.15, -0.1) is 0 Å². The van der Waals surface area contributed by atoms with E-state index < -0.39 is 0 Å². The summed E-state index contributed by atoms with van der Waals surface area (Å²) in [6, 6.07) is 10.5. The first kappa shape index (κ1) is 16.6. The van der Waals surface area contributed by atoms with Gasteiger partial charge in [-0.1, -0.05) is 30.3 Å². The highest BCUT2D eigenvalue weighted by Gasteiger charge is 2.26. The van der Waals surface area contributed by atoms with Crippen LogP contribution >= 0.6 is 0 Å². The van der Waals surface area contributed by atoms with Gasteiger partial charge in [0.15, 0.2) is 0 Å². The Morgan fingerprint density at radius 2 is 1.92 bits per heavy atom. The summed E-state index contributed by atoms with van der Waals surface area (Å²) in [6.07, 6.45) is 3.17. The molecule has 1 aromatic carbocycles. The van der Waals surface area contributed by atoms with Crippen molar-refractivity contribution in [1.82, 2.24) is 15.2 Å². The number of amides is 2. The van der Waals surface area contributed by atoms with Crippen molar-refractivity contribution in [1.29, 1.82) is 0 Å². The summed E-state index contributed by atoms with van der Waals surface area (Å²) >= 11 is 0. The molecule has 6 heteroatoms. The number of nitrogens with zero attached hydrogens (tertiary/aromatic N) is 3. The maximum Gasteiger partial charge on any atom is 0.267 e. The third-order valence-corrected chi connectivity index (χ3v) is 4.69. The van der Waals surface area contributed by atoms with Crippen molar-refractivity contribution < 1.29 is 9.59 Å². The Bertz CT molecular complexity index is 623. The van der Waals surface area contributed by atoms with Gasteiger partial charge in [0.1, 0.15) is 5.71 Å². The maximum absolute atomic E-state index is 12.4. The lowest BCUT2D eigenvalue weighted by Crippen LogP contribution is -2.41. The van der Waals surface area contributed by atoms with E-state index in [-0.39, 0.29) is 17.9 Å². The van der Waals surface area contributed by atoms with E-state index in [1.807, 2.05) is 18.2 Å². The molecule has 0 aromatic heterocycles. The van der Waals surface area contributed by atoms with E-state index in [9.17, 15) is 9.59 Å². The Balaban J connectivity index is 1.66. The third kappa shape index (κ3) is 3.82. The molecule has 24 heavy (non-hydrogen) atoms. The van der Waals surface area contributed by atoms with Crippen molar-refractivity contribution in [2.45, 2.75) is 31.7 Å². The lowest BCUT2D eigenvalue weighted by Gasteiger charge is -2.28. The molecule has 1 saturated heterocycles. The Labute approximate surface area is 142 Å². The standard InChI is InChI=1S/C18H24N4O2/c1-21-17(23)10-9-15(20-21)18(24)19-13-16(22-11-5-6-12-22)14-7-3-2-4-8-14/h2-4,7-8,16H,5-6,9-13H2,1H3,(H,19,24)/t16-/m0/s1. The van der Waals surface area contributed by atoms with Gasteiger partial charge >= 0.3 is 0 Å². The predicted molar refractivity (Wildman–Crippen MR) is 92.4 cm³/mol. The number of likely N-dealkylation sites (tertiary alicyclic amines) is 1. The second-order valence-corrected chi connectivity index (χ2v) is 6.34. The van der Waals surface area contributed by atoms with Crippen LogP contribution in [0, 0.1) is 0 Å². The molecule has 3 rings (SSSR count). The summed E-state index contributed by atoms with van der Waals surface area (Å²) in [6.45, 7) is 2.68. The molecule has 0 spiro atoms. The SMILES string of the molecule is CN1N=C(C(=O)NC[C@@H](c2ccccc2)N2CCCC2)CCC1=O. The van der Waals surface area contributed by atoms with E-state index in [1.165, 1.54) is 23.4 Å². The quantitative estimate of drug-likeness (QED) is 0.892. The zero-order valence-electron chi connectivity index (χ0n) is 14.1. The monoisotopic (exact) mass is 328 g/mol. The highest BCUT2D eigenvalue weighted by atomic mass is 16.2. The highest BCUT2D eigenvalue weighted by Crippen LogP contribution is 2.24. The van der Waals surface area contributed by atoms with Crippen LogP contribution in [0.5, 0.6) is 0 Å². The second kappa shape index (κ2) is 7.57. The molecule has 2 heterocycles. The van der Waals surface area contributed by atoms with E-state index in [0.717, 1.165) is 13.1 Å². The summed E-state index contributed by atoms with van der Waals surface area (Å²) < 4.78 is 0. The minimum absolute atomic E-state index is 0.0502. The van der Waals surface area contributed by atoms with Crippen LogP contribution in [0.3, 0.4) is 0 Å².